The summed E-state index contributed by atoms with van der Waals surface area (Å²) >= 11 is 0. The van der Waals surface area contributed by atoms with Crippen molar-refractivity contribution >= 4 is 5.69 Å². The second kappa shape index (κ2) is 11.0. The Bertz CT molecular complexity index is 214. The van der Waals surface area contributed by atoms with Crippen molar-refractivity contribution in [1.29, 1.82) is 0 Å². The molecule has 1 aromatic rings. The number of aromatic nitrogens is 1. The predicted octanol–water partition coefficient (Wildman–Crippen LogP) is 4.30. The van der Waals surface area contributed by atoms with Crippen LogP contribution in [0.25, 0.3) is 0 Å². The van der Waals surface area contributed by atoms with Gasteiger partial charge in [-0.15, -0.1) is 0 Å². The van der Waals surface area contributed by atoms with Crippen molar-refractivity contribution in [1.82, 2.24) is 4.98 Å². The van der Waals surface area contributed by atoms with Crippen molar-refractivity contribution in [3.63, 3.8) is 0 Å². The molecule has 1 heterocycles. The normalized spacial score (nSPS) is 8.27. The Labute approximate surface area is 95.1 Å². The van der Waals surface area contributed by atoms with Crippen LogP contribution in [0.3, 0.4) is 0 Å². The van der Waals surface area contributed by atoms with E-state index in [1.54, 1.807) is 0 Å². The van der Waals surface area contributed by atoms with Crippen molar-refractivity contribution in [2.24, 2.45) is 0 Å². The van der Waals surface area contributed by atoms with Gasteiger partial charge in [0, 0.05) is 12.7 Å². The summed E-state index contributed by atoms with van der Waals surface area (Å²) in [6.45, 7) is 12.3. The van der Waals surface area contributed by atoms with E-state index in [4.69, 9.17) is 0 Å². The fourth-order valence-electron chi connectivity index (χ4n) is 0.895. The molecule has 0 aliphatic heterocycles. The molecule has 0 amide bonds. The van der Waals surface area contributed by atoms with E-state index in [9.17, 15) is 0 Å². The lowest BCUT2D eigenvalue weighted by atomic mass is 10.1. The van der Waals surface area contributed by atoms with E-state index in [1.165, 1.54) is 0 Å². The molecule has 1 N–H and O–H groups in total. The molecule has 0 spiro atoms. The van der Waals surface area contributed by atoms with Gasteiger partial charge in [0.2, 0.25) is 0 Å². The fourth-order valence-corrected chi connectivity index (χ4v) is 0.895. The molecule has 0 aliphatic rings. The highest BCUT2D eigenvalue weighted by molar-refractivity contribution is 5.40. The minimum atomic E-state index is 0.515. The summed E-state index contributed by atoms with van der Waals surface area (Å²) in [4.78, 5) is 4.29. The summed E-state index contributed by atoms with van der Waals surface area (Å²) < 4.78 is 0. The summed E-state index contributed by atoms with van der Waals surface area (Å²) in [7, 11) is 1.89. The zero-order chi connectivity index (χ0) is 12.3. The molecule has 15 heavy (non-hydrogen) atoms. The SMILES string of the molecule is CC.CC.CNc1ccc(C(C)C)nc1. The predicted molar refractivity (Wildman–Crippen MR) is 70.6 cm³/mol. The number of nitrogens with zero attached hydrogens (tertiary/aromatic N) is 1. The van der Waals surface area contributed by atoms with Crippen molar-refractivity contribution in [2.75, 3.05) is 12.4 Å². The first-order valence-corrected chi connectivity index (χ1v) is 5.87. The Morgan fingerprint density at radius 1 is 1.07 bits per heavy atom. The van der Waals surface area contributed by atoms with Crippen LogP contribution in [0.15, 0.2) is 18.3 Å². The summed E-state index contributed by atoms with van der Waals surface area (Å²) in [6, 6.07) is 4.10. The molecule has 2 nitrogen and oxygen atoms in total. The second-order valence-electron chi connectivity index (χ2n) is 2.88. The third-order valence-electron chi connectivity index (χ3n) is 1.67. The fraction of sp³-hybridized carbons (Fsp3) is 0.615. The van der Waals surface area contributed by atoms with E-state index in [0.717, 1.165) is 11.4 Å². The van der Waals surface area contributed by atoms with Crippen LogP contribution < -0.4 is 5.32 Å². The minimum Gasteiger partial charge on any atom is -0.387 e. The molecule has 0 aliphatic carbocycles. The van der Waals surface area contributed by atoms with E-state index in [1.807, 2.05) is 47.0 Å². The highest BCUT2D eigenvalue weighted by atomic mass is 14.8. The van der Waals surface area contributed by atoms with Gasteiger partial charge in [0.05, 0.1) is 11.9 Å². The smallest absolute Gasteiger partial charge is 0.0524 e. The van der Waals surface area contributed by atoms with Gasteiger partial charge in [-0.25, -0.2) is 0 Å². The second-order valence-corrected chi connectivity index (χ2v) is 2.88. The van der Waals surface area contributed by atoms with Gasteiger partial charge in [0.1, 0.15) is 0 Å². The van der Waals surface area contributed by atoms with Gasteiger partial charge in [0.25, 0.3) is 0 Å². The number of rotatable bonds is 2. The van der Waals surface area contributed by atoms with Gasteiger partial charge in [-0.2, -0.15) is 0 Å². The molecule has 1 aromatic heterocycles. The molecule has 0 fully saturated rings. The van der Waals surface area contributed by atoms with Crippen LogP contribution in [-0.4, -0.2) is 12.0 Å². The van der Waals surface area contributed by atoms with E-state index >= 15 is 0 Å². The number of nitrogens with one attached hydrogen (secondary N) is 1. The Kier molecular flexibility index (Phi) is 12.0. The van der Waals surface area contributed by atoms with E-state index in [-0.39, 0.29) is 0 Å². The zero-order valence-corrected chi connectivity index (χ0v) is 11.3. The Morgan fingerprint density at radius 2 is 1.60 bits per heavy atom. The molecule has 0 atom stereocenters. The van der Waals surface area contributed by atoms with Crippen molar-refractivity contribution in [2.45, 2.75) is 47.5 Å². The quantitative estimate of drug-likeness (QED) is 0.787. The van der Waals surface area contributed by atoms with Gasteiger partial charge in [-0.1, -0.05) is 41.5 Å². The molecule has 0 aromatic carbocycles. The first kappa shape index (κ1) is 16.4. The maximum Gasteiger partial charge on any atom is 0.0524 e. The Morgan fingerprint density at radius 3 is 1.87 bits per heavy atom. The first-order valence-electron chi connectivity index (χ1n) is 5.87. The highest BCUT2D eigenvalue weighted by Gasteiger charge is 1.98. The van der Waals surface area contributed by atoms with Gasteiger partial charge < -0.3 is 5.32 Å². The van der Waals surface area contributed by atoms with Gasteiger partial charge >= 0.3 is 0 Å². The monoisotopic (exact) mass is 210 g/mol. The number of anilines is 1. The number of pyridine rings is 1. The van der Waals surface area contributed by atoms with Crippen molar-refractivity contribution in [3.8, 4) is 0 Å². The minimum absolute atomic E-state index is 0.515. The van der Waals surface area contributed by atoms with Crippen LogP contribution in [0, 0.1) is 0 Å². The average molecular weight is 210 g/mol. The molecular formula is C13H26N2. The number of hydrogen-bond acceptors (Lipinski definition) is 2. The molecule has 0 saturated carbocycles. The molecule has 2 heteroatoms. The maximum absolute atomic E-state index is 4.29. The van der Waals surface area contributed by atoms with Crippen LogP contribution in [-0.2, 0) is 0 Å². The lowest BCUT2D eigenvalue weighted by molar-refractivity contribution is 0.823. The van der Waals surface area contributed by atoms with Crippen LogP contribution >= 0.6 is 0 Å². The Balaban J connectivity index is 0. The molecular weight excluding hydrogens is 184 g/mol. The zero-order valence-electron chi connectivity index (χ0n) is 11.3. The first-order chi connectivity index (χ1) is 7.24. The summed E-state index contributed by atoms with van der Waals surface area (Å²) in [5, 5.41) is 3.03. The third-order valence-corrected chi connectivity index (χ3v) is 1.67. The summed E-state index contributed by atoms with van der Waals surface area (Å²) in [5.74, 6) is 0.515. The molecule has 0 radical (unpaired) electrons. The van der Waals surface area contributed by atoms with Gasteiger partial charge in [0.15, 0.2) is 0 Å². The van der Waals surface area contributed by atoms with Gasteiger partial charge in [-0.3, -0.25) is 4.98 Å². The standard InChI is InChI=1S/C9H14N2.2C2H6/c1-7(2)9-5-4-8(10-3)6-11-9;2*1-2/h4-7,10H,1-3H3;2*1-2H3. The molecule has 0 bridgehead atoms. The Hall–Kier alpha value is -1.05. The lowest BCUT2D eigenvalue weighted by Gasteiger charge is -2.04. The van der Waals surface area contributed by atoms with Crippen LogP contribution in [0.5, 0.6) is 0 Å². The van der Waals surface area contributed by atoms with Crippen molar-refractivity contribution < 1.29 is 0 Å². The molecule has 0 saturated heterocycles. The maximum atomic E-state index is 4.29. The lowest BCUT2D eigenvalue weighted by Crippen LogP contribution is -1.94. The van der Waals surface area contributed by atoms with Crippen LogP contribution in [0.1, 0.15) is 53.2 Å². The average Bonchev–Trinajstić information content (AvgIpc) is 2.34. The van der Waals surface area contributed by atoms with Crippen molar-refractivity contribution in [3.05, 3.63) is 24.0 Å². The summed E-state index contributed by atoms with van der Waals surface area (Å²) in [5.41, 5.74) is 2.21. The van der Waals surface area contributed by atoms with E-state index in [0.29, 0.717) is 5.92 Å². The van der Waals surface area contributed by atoms with E-state index in [2.05, 4.69) is 30.2 Å². The topological polar surface area (TPSA) is 24.9 Å². The highest BCUT2D eigenvalue weighted by Crippen LogP contribution is 2.12. The molecule has 0 unspecified atom stereocenters. The molecule has 1 rings (SSSR count). The third kappa shape index (κ3) is 6.95. The summed E-state index contributed by atoms with van der Waals surface area (Å²) in [6.07, 6.45) is 1.86. The van der Waals surface area contributed by atoms with Crippen LogP contribution in [0.2, 0.25) is 0 Å². The van der Waals surface area contributed by atoms with Gasteiger partial charge in [-0.05, 0) is 18.1 Å². The number of hydrogen-bond donors (Lipinski definition) is 1. The largest absolute Gasteiger partial charge is 0.387 e. The van der Waals surface area contributed by atoms with E-state index < -0.39 is 0 Å². The molecule has 88 valence electrons. The van der Waals surface area contributed by atoms with Crippen LogP contribution in [0.4, 0.5) is 5.69 Å².